The maximum atomic E-state index is 13.1. The summed E-state index contributed by atoms with van der Waals surface area (Å²) in [4.78, 5) is 38.4. The van der Waals surface area contributed by atoms with Crippen molar-refractivity contribution in [3.63, 3.8) is 0 Å². The Labute approximate surface area is 283 Å². The molecule has 0 saturated carbocycles. The molecule has 0 aliphatic rings. The number of benzene rings is 3. The van der Waals surface area contributed by atoms with E-state index in [2.05, 4.69) is 0 Å². The average Bonchev–Trinajstić information content (AvgIpc) is 2.88. The molecule has 0 aliphatic carbocycles. The minimum Gasteiger partial charge on any atom is -0.428 e. The van der Waals surface area contributed by atoms with Crippen LogP contribution in [0, 0.1) is 0 Å². The van der Waals surface area contributed by atoms with Gasteiger partial charge in [0.25, 0.3) is 10.1 Å². The first-order chi connectivity index (χ1) is 21.9. The van der Waals surface area contributed by atoms with Crippen molar-refractivity contribution in [3.05, 3.63) is 72.8 Å². The van der Waals surface area contributed by atoms with Crippen LogP contribution in [-0.4, -0.2) is 49.9 Å². The predicted octanol–water partition coefficient (Wildman–Crippen LogP) is 8.80. The molecule has 3 rings (SSSR count). The molecule has 3 aromatic carbocycles. The molecule has 0 heterocycles. The van der Waals surface area contributed by atoms with Crippen LogP contribution in [-0.2, 0) is 28.0 Å². The summed E-state index contributed by atoms with van der Waals surface area (Å²) in [6.45, 7) is 15.1. The topological polar surface area (TPSA) is 150 Å². The normalized spacial score (nSPS) is 12.8. The van der Waals surface area contributed by atoms with Gasteiger partial charge in [-0.2, -0.15) is 8.42 Å². The summed E-state index contributed by atoms with van der Waals surface area (Å²) < 4.78 is 64.5. The third-order valence-corrected chi connectivity index (χ3v) is 9.97. The van der Waals surface area contributed by atoms with E-state index in [9.17, 15) is 22.8 Å². The molecule has 0 radical (unpaired) electrons. The second-order valence-corrected chi connectivity index (χ2v) is 17.9. The van der Waals surface area contributed by atoms with Gasteiger partial charge in [0.2, 0.25) is 0 Å². The summed E-state index contributed by atoms with van der Waals surface area (Å²) in [5.41, 5.74) is -2.52. The summed E-state index contributed by atoms with van der Waals surface area (Å²) in [7, 11) is -7.62. The monoisotopic (exact) mass is 706 g/mol. The highest BCUT2D eigenvalue weighted by Crippen LogP contribution is 2.70. The van der Waals surface area contributed by atoms with Crippen molar-refractivity contribution >= 4 is 38.9 Å². The number of hydrogen-bond donors (Lipinski definition) is 0. The predicted molar refractivity (Wildman–Crippen MR) is 178 cm³/mol. The van der Waals surface area contributed by atoms with Gasteiger partial charge in [0.15, 0.2) is 0 Å². The largest absolute Gasteiger partial charge is 0.514 e. The Morgan fingerprint density at radius 3 is 1.00 bits per heavy atom. The minimum atomic E-state index is -4.27. The lowest BCUT2D eigenvalue weighted by Gasteiger charge is -2.39. The quantitative estimate of drug-likeness (QED) is 0.125. The van der Waals surface area contributed by atoms with Crippen LogP contribution in [0.1, 0.15) is 62.3 Å². The van der Waals surface area contributed by atoms with E-state index >= 15 is 0 Å². The van der Waals surface area contributed by atoms with E-state index in [1.165, 1.54) is 36.4 Å². The molecule has 0 saturated heterocycles. The summed E-state index contributed by atoms with van der Waals surface area (Å²) in [6, 6.07) is 18.2. The first kappa shape index (κ1) is 38.2. The Morgan fingerprint density at radius 2 is 0.771 bits per heavy atom. The van der Waals surface area contributed by atoms with Crippen molar-refractivity contribution in [2.75, 3.05) is 6.26 Å². The molecule has 3 aromatic rings. The van der Waals surface area contributed by atoms with Crippen LogP contribution in [0.15, 0.2) is 87.5 Å². The number of carbonyl (C=O) groups is 3. The van der Waals surface area contributed by atoms with Crippen molar-refractivity contribution in [1.82, 2.24) is 0 Å². The van der Waals surface area contributed by atoms with Crippen LogP contribution in [0.5, 0.6) is 17.2 Å². The fourth-order valence-electron chi connectivity index (χ4n) is 3.96. The van der Waals surface area contributed by atoms with Gasteiger partial charge in [-0.3, -0.25) is 0 Å². The zero-order chi connectivity index (χ0) is 36.1. The molecule has 0 fully saturated rings. The lowest BCUT2D eigenvalue weighted by Crippen LogP contribution is -2.26. The lowest BCUT2D eigenvalue weighted by atomic mass is 10.2. The first-order valence-corrected chi connectivity index (χ1v) is 18.1. The Kier molecular flexibility index (Phi) is 11.5. The Balaban J connectivity index is 2.29. The van der Waals surface area contributed by atoms with Crippen LogP contribution in [0.25, 0.3) is 0 Å². The molecule has 0 unspecified atom stereocenters. The zero-order valence-electron chi connectivity index (χ0n) is 28.6. The molecular weight excluding hydrogens is 664 g/mol. The maximum absolute atomic E-state index is 13.1. The number of hydrogen-bond acceptors (Lipinski definition) is 12. The zero-order valence-corrected chi connectivity index (χ0v) is 30.3. The fraction of sp³-hybridized carbons (Fsp3) is 0.382. The van der Waals surface area contributed by atoms with Crippen LogP contribution in [0.4, 0.5) is 14.4 Å². The first-order valence-electron chi connectivity index (χ1n) is 14.7. The van der Waals surface area contributed by atoms with Gasteiger partial charge in [0.1, 0.15) is 34.1 Å². The van der Waals surface area contributed by atoms with Crippen LogP contribution >= 0.6 is 10.3 Å². The van der Waals surface area contributed by atoms with Crippen molar-refractivity contribution in [3.8, 4) is 17.2 Å². The third-order valence-electron chi connectivity index (χ3n) is 5.41. The maximum Gasteiger partial charge on any atom is 0.514 e. The van der Waals surface area contributed by atoms with Gasteiger partial charge in [-0.15, -0.1) is 0 Å². The van der Waals surface area contributed by atoms with Crippen molar-refractivity contribution < 1.29 is 54.9 Å². The molecule has 0 amide bonds. The molecule has 0 N–H and O–H groups in total. The molecule has 48 heavy (non-hydrogen) atoms. The van der Waals surface area contributed by atoms with E-state index in [-0.39, 0.29) is 31.9 Å². The molecule has 0 atom stereocenters. The third kappa shape index (κ3) is 11.8. The van der Waals surface area contributed by atoms with Crippen molar-refractivity contribution in [1.29, 1.82) is 0 Å². The van der Waals surface area contributed by atoms with Crippen LogP contribution in [0.2, 0.25) is 0 Å². The van der Waals surface area contributed by atoms with E-state index in [1.807, 2.05) is 0 Å². The molecule has 0 aromatic heterocycles. The highest BCUT2D eigenvalue weighted by atomic mass is 32.3. The summed E-state index contributed by atoms with van der Waals surface area (Å²) in [5.74, 6) is 0.0779. The smallest absolute Gasteiger partial charge is 0.428 e. The molecule has 262 valence electrons. The number of rotatable bonds is 8. The second kappa shape index (κ2) is 14.5. The minimum absolute atomic E-state index is 0.0260. The van der Waals surface area contributed by atoms with Crippen LogP contribution in [0.3, 0.4) is 0 Å². The van der Waals surface area contributed by atoms with E-state index in [1.54, 1.807) is 98.7 Å². The Morgan fingerprint density at radius 1 is 0.500 bits per heavy atom. The molecule has 0 bridgehead atoms. The van der Waals surface area contributed by atoms with Gasteiger partial charge in [-0.05, 0) is 127 Å². The molecule has 14 heteroatoms. The number of ether oxygens (including phenoxy) is 6. The van der Waals surface area contributed by atoms with Gasteiger partial charge in [-0.25, -0.2) is 18.0 Å². The highest BCUT2D eigenvalue weighted by Gasteiger charge is 2.38. The second-order valence-electron chi connectivity index (χ2n) is 13.5. The Bertz CT molecular complexity index is 1570. The van der Waals surface area contributed by atoms with Gasteiger partial charge < -0.3 is 28.4 Å². The molecule has 0 spiro atoms. The van der Waals surface area contributed by atoms with Crippen molar-refractivity contribution in [2.45, 2.75) is 93.8 Å². The lowest BCUT2D eigenvalue weighted by molar-refractivity contribution is 0.0192. The van der Waals surface area contributed by atoms with Crippen LogP contribution < -0.4 is 14.2 Å². The standard InChI is InChI=1S/C34H42O12S2/c1-32(2,3)43-29(35)40-23-14-11-17-26(20-23)48(46-47(10,38)39,27-18-12-15-24(21-27)41-30(36)44-33(4,5)6)28-19-13-16-25(22-28)42-31(37)45-34(7,8)9/h11-22H,1-10H3. The number of carbonyl (C=O) groups excluding carboxylic acids is 3. The summed E-state index contributed by atoms with van der Waals surface area (Å²) in [6.07, 6.45) is -2.06. The summed E-state index contributed by atoms with van der Waals surface area (Å²) in [5, 5.41) is 0. The van der Waals surface area contributed by atoms with E-state index in [4.69, 9.17) is 32.1 Å². The van der Waals surface area contributed by atoms with Gasteiger partial charge in [0, 0.05) is 14.7 Å². The average molecular weight is 707 g/mol. The van der Waals surface area contributed by atoms with E-state index in [0.29, 0.717) is 0 Å². The fourth-order valence-corrected chi connectivity index (χ4v) is 8.86. The van der Waals surface area contributed by atoms with Gasteiger partial charge in [0.05, 0.1) is 6.26 Å². The van der Waals surface area contributed by atoms with Crippen molar-refractivity contribution in [2.24, 2.45) is 0 Å². The Hall–Kier alpha value is -4.27. The summed E-state index contributed by atoms with van der Waals surface area (Å²) >= 11 is 0. The molecule has 0 aliphatic heterocycles. The molecule has 12 nitrogen and oxygen atoms in total. The van der Waals surface area contributed by atoms with Gasteiger partial charge in [-0.1, -0.05) is 18.2 Å². The van der Waals surface area contributed by atoms with Gasteiger partial charge >= 0.3 is 18.5 Å². The highest BCUT2D eigenvalue weighted by molar-refractivity contribution is 8.33. The SMILES string of the molecule is CC(C)(C)OC(=O)Oc1cccc(S(OS(C)(=O)=O)(c2cccc(OC(=O)OC(C)(C)C)c2)c2cccc(OC(=O)OC(C)(C)C)c2)c1. The van der Waals surface area contributed by atoms with E-state index in [0.717, 1.165) is 6.26 Å². The van der Waals surface area contributed by atoms with E-state index < -0.39 is 55.7 Å². The molecular formula is C34H42O12S2.